The highest BCUT2D eigenvalue weighted by Gasteiger charge is 2.64. The molecule has 22 heteroatoms. The molecule has 4 bridgehead atoms. The summed E-state index contributed by atoms with van der Waals surface area (Å²) >= 11 is 10.1. The molecule has 2 fully saturated rings. The minimum atomic E-state index is -1.64. The number of primary amides is 1. The van der Waals surface area contributed by atoms with Gasteiger partial charge in [-0.05, 0) is 120 Å². The lowest BCUT2D eigenvalue weighted by molar-refractivity contribution is -0.187. The lowest BCUT2D eigenvalue weighted by Gasteiger charge is -2.41. The lowest BCUT2D eigenvalue weighted by atomic mass is 9.78. The number of aromatic nitrogens is 1. The maximum absolute atomic E-state index is 14.5. The normalized spacial score (nSPS) is 24.2. The number of amides is 5. The largest absolute Gasteiger partial charge is 0.462 e. The van der Waals surface area contributed by atoms with Crippen LogP contribution >= 0.6 is 27.5 Å². The molecule has 0 radical (unpaired) electrons. The fourth-order valence-electron chi connectivity index (χ4n) is 11.3. The summed E-state index contributed by atoms with van der Waals surface area (Å²) in [5, 5.41) is 21.4. The predicted octanol–water partition coefficient (Wildman–Crippen LogP) is 9.58. The predicted molar refractivity (Wildman–Crippen MR) is 331 cm³/mol. The number of methoxy groups -OCH3 is 1. The third-order valence-electron chi connectivity index (χ3n) is 16.5. The van der Waals surface area contributed by atoms with Crippen LogP contribution in [-0.4, -0.2) is 131 Å². The number of benzene rings is 2. The van der Waals surface area contributed by atoms with Crippen LogP contribution in [0.5, 0.6) is 0 Å². The summed E-state index contributed by atoms with van der Waals surface area (Å²) in [6.07, 6.45) is 4.07. The number of halogens is 2. The van der Waals surface area contributed by atoms with E-state index in [1.54, 1.807) is 71.2 Å². The topological polar surface area (TPSA) is 284 Å². The third kappa shape index (κ3) is 18.0. The summed E-state index contributed by atoms with van der Waals surface area (Å²) in [5.74, 6) is -4.14. The van der Waals surface area contributed by atoms with E-state index in [2.05, 4.69) is 43.4 Å². The number of carbonyl (C=O) groups excluding carboxylic acids is 8. The molecule has 86 heavy (non-hydrogen) atoms. The summed E-state index contributed by atoms with van der Waals surface area (Å²) in [4.78, 5) is 114. The second kappa shape index (κ2) is 29.9. The summed E-state index contributed by atoms with van der Waals surface area (Å²) in [5.41, 5.74) is 6.01. The Morgan fingerprint density at radius 2 is 1.81 bits per heavy atom. The quantitative estimate of drug-likeness (QED) is 0.0148. The number of epoxide rings is 1. The van der Waals surface area contributed by atoms with E-state index in [-0.39, 0.29) is 81.1 Å². The molecule has 0 spiro atoms. The fraction of sp³-hybridized carbons (Fsp3) is 0.547. The van der Waals surface area contributed by atoms with Crippen molar-refractivity contribution in [2.45, 2.75) is 180 Å². The van der Waals surface area contributed by atoms with E-state index in [0.29, 0.717) is 63.8 Å². The van der Waals surface area contributed by atoms with Crippen molar-refractivity contribution < 1.29 is 67.1 Å². The maximum atomic E-state index is 14.5. The Labute approximate surface area is 517 Å². The van der Waals surface area contributed by atoms with Crippen molar-refractivity contribution in [3.05, 3.63) is 100 Å². The van der Waals surface area contributed by atoms with Crippen molar-refractivity contribution in [2.24, 2.45) is 23.5 Å². The zero-order valence-electron chi connectivity index (χ0n) is 51.0. The number of aliphatic hydroxyl groups is 1. The van der Waals surface area contributed by atoms with E-state index in [9.17, 15) is 43.5 Å². The Bertz CT molecular complexity index is 3110. The van der Waals surface area contributed by atoms with Gasteiger partial charge in [0.15, 0.2) is 5.78 Å². The van der Waals surface area contributed by atoms with Crippen LogP contribution in [0.15, 0.2) is 78.5 Å². The SMILES string of the molecule is C=C(CBr)C(=O)OC(C)(C)CCCCC(=O)C[C@H](C(=O)N[C@@H](CCCNC(N)=O)C(=O)Cc1ccc(NC(=O)O[C@H]2CC(=O)N(C)c3cc(cc(C)c3Cl)C/C(C)=C/C=C/[C@@H](OC)[C@]3(O)CC(=O)O[C@@H](C3)[C@@H](C)[C@@H]3O[C@@]23C)c2cccnc12)C(C)C. The van der Waals surface area contributed by atoms with Gasteiger partial charge in [0.1, 0.15) is 40.9 Å². The van der Waals surface area contributed by atoms with Crippen LogP contribution in [0.3, 0.4) is 0 Å². The number of rotatable bonds is 23. The Kier molecular flexibility index (Phi) is 23.9. The number of nitrogens with two attached hydrogens (primary N) is 1. The molecule has 20 nitrogen and oxygen atoms in total. The average molecular weight is 1280 g/mol. The highest BCUT2D eigenvalue weighted by atomic mass is 79.9. The standard InChI is InChI=1S/C64H84BrClN6O14/c1-36(2)45(31-43(73)18-12-13-24-62(7,8)86-59(78)39(5)35-65)58(77)70-47(20-16-26-69-60(67)79)49(74)30-42-22-23-46(44-19-15-25-68-56(42)44)71-61(80)84-52-32-53(75)72(10)48-29-41(28-38(4)55(48)66)27-37(3)17-14-21-51(82-11)64(81)33-50(83-54(76)34-64)40(6)57-63(52,9)85-57/h14-15,17,19,21-23,25,28-29,36,40,45,47,50-52,57,81H,5,12-13,16,18,20,24,26-27,30-35H2,1-4,6-11H3,(H,70,77)(H,71,80)(H3,67,69,79)/b21-14+,37-17+/t40-,45+,47+,50+,51-,52+,57+,63+,64-/m1/s1. The number of aryl methyl sites for hydroxylation is 1. The minimum absolute atomic E-state index is 0.00605. The van der Waals surface area contributed by atoms with Gasteiger partial charge in [-0.15, -0.1) is 0 Å². The van der Waals surface area contributed by atoms with E-state index in [1.807, 2.05) is 45.9 Å². The Morgan fingerprint density at radius 3 is 2.50 bits per heavy atom. The van der Waals surface area contributed by atoms with Crippen molar-refractivity contribution in [1.29, 1.82) is 0 Å². The Balaban J connectivity index is 1.21. The molecule has 5 amide bonds. The zero-order chi connectivity index (χ0) is 63.4. The summed E-state index contributed by atoms with van der Waals surface area (Å²) in [7, 11) is 3.05. The number of urea groups is 1. The summed E-state index contributed by atoms with van der Waals surface area (Å²) < 4.78 is 29.8. The number of allylic oxidation sites excluding steroid dienone is 3. The van der Waals surface area contributed by atoms with E-state index in [1.165, 1.54) is 18.2 Å². The van der Waals surface area contributed by atoms with Crippen molar-refractivity contribution in [1.82, 2.24) is 15.6 Å². The van der Waals surface area contributed by atoms with Crippen molar-refractivity contribution in [3.63, 3.8) is 0 Å². The molecule has 6 rings (SSSR count). The summed E-state index contributed by atoms with van der Waals surface area (Å²) in [6.45, 7) is 18.4. The number of ketones is 2. The van der Waals surface area contributed by atoms with Gasteiger partial charge in [0.05, 0.1) is 46.9 Å². The highest BCUT2D eigenvalue weighted by molar-refractivity contribution is 9.09. The van der Waals surface area contributed by atoms with Crippen LogP contribution in [0, 0.1) is 24.7 Å². The molecular formula is C64H84BrClN6O14. The van der Waals surface area contributed by atoms with E-state index < -0.39 is 95.0 Å². The number of nitrogens with one attached hydrogen (secondary N) is 3. The van der Waals surface area contributed by atoms with Crippen molar-refractivity contribution >= 4 is 97.3 Å². The number of nitrogens with zero attached hydrogens (tertiary/aromatic N) is 2. The monoisotopic (exact) mass is 1270 g/mol. The van der Waals surface area contributed by atoms with Gasteiger partial charge in [0, 0.05) is 80.7 Å². The van der Waals surface area contributed by atoms with Gasteiger partial charge in [-0.3, -0.25) is 34.3 Å². The molecule has 3 aliphatic heterocycles. The molecular weight excluding hydrogens is 1190 g/mol. The van der Waals surface area contributed by atoms with E-state index >= 15 is 0 Å². The number of Topliss-reactive ketones (excluding diaryl/α,β-unsaturated/α-hetero) is 2. The average Bonchev–Trinajstić information content (AvgIpc) is 1.87. The number of alkyl halides is 1. The molecule has 468 valence electrons. The first-order valence-electron chi connectivity index (χ1n) is 29.2. The molecule has 9 atom stereocenters. The number of hydrogen-bond donors (Lipinski definition) is 5. The van der Waals surface area contributed by atoms with Gasteiger partial charge in [0.2, 0.25) is 11.8 Å². The molecule has 2 aromatic carbocycles. The van der Waals surface area contributed by atoms with Crippen LogP contribution in [0.4, 0.5) is 21.0 Å². The number of hydrogen-bond acceptors (Lipinski definition) is 15. The molecule has 1 aromatic heterocycles. The number of ether oxygens (including phenoxy) is 5. The van der Waals surface area contributed by atoms with Crippen LogP contribution in [-0.2, 0) is 65.3 Å². The summed E-state index contributed by atoms with van der Waals surface area (Å²) in [6, 6.07) is 8.58. The number of pyridine rings is 1. The second-order valence-electron chi connectivity index (χ2n) is 24.2. The molecule has 4 heterocycles. The zero-order valence-corrected chi connectivity index (χ0v) is 53.3. The second-order valence-corrected chi connectivity index (χ2v) is 25.2. The van der Waals surface area contributed by atoms with Crippen molar-refractivity contribution in [2.75, 3.05) is 36.2 Å². The smallest absolute Gasteiger partial charge is 0.412 e. The molecule has 3 aromatic rings. The minimum Gasteiger partial charge on any atom is -0.462 e. The Morgan fingerprint density at radius 1 is 1.08 bits per heavy atom. The number of carbonyl (C=O) groups is 8. The number of unbranched alkanes of at least 4 members (excludes halogenated alkanes) is 1. The molecule has 3 aliphatic rings. The van der Waals surface area contributed by atoms with Crippen molar-refractivity contribution in [3.8, 4) is 0 Å². The van der Waals surface area contributed by atoms with Gasteiger partial charge in [-0.25, -0.2) is 14.4 Å². The maximum Gasteiger partial charge on any atom is 0.412 e. The van der Waals surface area contributed by atoms with Crippen LogP contribution < -0.4 is 26.6 Å². The lowest BCUT2D eigenvalue weighted by Crippen LogP contribution is -2.53. The third-order valence-corrected chi connectivity index (χ3v) is 17.6. The van der Waals surface area contributed by atoms with Gasteiger partial charge >= 0.3 is 24.1 Å². The van der Waals surface area contributed by atoms with Gasteiger partial charge in [0.25, 0.3) is 0 Å². The van der Waals surface area contributed by atoms with Crippen LogP contribution in [0.2, 0.25) is 5.02 Å². The molecule has 0 unspecified atom stereocenters. The van der Waals surface area contributed by atoms with Gasteiger partial charge in [-0.2, -0.15) is 0 Å². The van der Waals surface area contributed by atoms with Gasteiger partial charge < -0.3 is 50.1 Å². The first-order chi connectivity index (χ1) is 40.5. The van der Waals surface area contributed by atoms with E-state index in [0.717, 1.165) is 16.7 Å². The number of esters is 2. The highest BCUT2D eigenvalue weighted by Crippen LogP contribution is 2.50. The molecule has 2 saturated heterocycles. The molecule has 0 aliphatic carbocycles. The fourth-order valence-corrected chi connectivity index (χ4v) is 11.8. The molecule has 0 saturated carbocycles. The molecule has 6 N–H and O–H groups in total. The number of fused-ring (bicyclic) bond motifs is 6. The van der Waals surface area contributed by atoms with E-state index in [4.69, 9.17) is 41.0 Å². The van der Waals surface area contributed by atoms with Crippen LogP contribution in [0.1, 0.15) is 129 Å². The first kappa shape index (κ1) is 68.6. The number of anilines is 2. The van der Waals surface area contributed by atoms with Crippen LogP contribution in [0.25, 0.3) is 10.9 Å². The first-order valence-corrected chi connectivity index (χ1v) is 30.7. The van der Waals surface area contributed by atoms with Gasteiger partial charge in [-0.1, -0.05) is 90.8 Å². The Hall–Kier alpha value is -6.52.